The molecule has 178 valence electrons. The van der Waals surface area contributed by atoms with Crippen LogP contribution in [-0.2, 0) is 17.4 Å². The number of phenolic OH excluding ortho intramolecular Hbond substituents is 1. The summed E-state index contributed by atoms with van der Waals surface area (Å²) in [5.41, 5.74) is 7.38. The van der Waals surface area contributed by atoms with Gasteiger partial charge in [-0.2, -0.15) is 0 Å². The fourth-order valence-corrected chi connectivity index (χ4v) is 4.03. The number of rotatable bonds is 5. The summed E-state index contributed by atoms with van der Waals surface area (Å²) in [5, 5.41) is 11.6. The maximum atomic E-state index is 15.1. The SMILES string of the molecule is COc1cc2cn(CC(=O)c3cc(C(C)(C)C)c(O)c(C(C)(C)C)c3)c(N)c2c(F)c1OC. The Balaban J connectivity index is 2.11. The highest BCUT2D eigenvalue weighted by atomic mass is 19.1. The molecule has 33 heavy (non-hydrogen) atoms. The monoisotopic (exact) mass is 456 g/mol. The van der Waals surface area contributed by atoms with Gasteiger partial charge in [0.15, 0.2) is 23.1 Å². The molecule has 0 unspecified atom stereocenters. The number of nitrogens with two attached hydrogens (primary N) is 1. The summed E-state index contributed by atoms with van der Waals surface area (Å²) < 4.78 is 26.9. The minimum atomic E-state index is -0.634. The van der Waals surface area contributed by atoms with Crippen LogP contribution in [0.15, 0.2) is 24.4 Å². The zero-order chi connectivity index (χ0) is 24.9. The van der Waals surface area contributed by atoms with Crippen LogP contribution < -0.4 is 15.2 Å². The molecule has 3 aromatic rings. The van der Waals surface area contributed by atoms with Crippen LogP contribution in [0, 0.1) is 5.82 Å². The average molecular weight is 457 g/mol. The Kier molecular flexibility index (Phi) is 6.13. The smallest absolute Gasteiger partial charge is 0.197 e. The van der Waals surface area contributed by atoms with Crippen molar-refractivity contribution in [2.75, 3.05) is 20.0 Å². The first-order valence-electron chi connectivity index (χ1n) is 10.8. The highest BCUT2D eigenvalue weighted by Gasteiger charge is 2.28. The normalized spacial score (nSPS) is 12.3. The van der Waals surface area contributed by atoms with E-state index in [0.717, 1.165) is 0 Å². The topological polar surface area (TPSA) is 86.7 Å². The number of carbonyl (C=O) groups is 1. The van der Waals surface area contributed by atoms with Gasteiger partial charge in [-0.15, -0.1) is 0 Å². The number of ether oxygens (including phenoxy) is 2. The molecule has 3 N–H and O–H groups in total. The summed E-state index contributed by atoms with van der Waals surface area (Å²) in [5.74, 6) is -0.289. The Hall–Kier alpha value is -3.22. The lowest BCUT2D eigenvalue weighted by Crippen LogP contribution is -2.20. The number of fused-ring (bicyclic) bond motifs is 1. The highest BCUT2D eigenvalue weighted by Crippen LogP contribution is 2.41. The van der Waals surface area contributed by atoms with E-state index in [4.69, 9.17) is 15.2 Å². The molecule has 0 aliphatic carbocycles. The Labute approximate surface area is 194 Å². The van der Waals surface area contributed by atoms with E-state index in [1.54, 1.807) is 24.4 Å². The zero-order valence-electron chi connectivity index (χ0n) is 20.6. The van der Waals surface area contributed by atoms with Crippen molar-refractivity contribution in [2.24, 2.45) is 0 Å². The molecule has 0 bridgehead atoms. The lowest BCUT2D eigenvalue weighted by atomic mass is 9.78. The van der Waals surface area contributed by atoms with Crippen LogP contribution >= 0.6 is 0 Å². The molecule has 0 radical (unpaired) electrons. The lowest BCUT2D eigenvalue weighted by molar-refractivity contribution is 0.0972. The predicted molar refractivity (Wildman–Crippen MR) is 129 cm³/mol. The number of Topliss-reactive ketones (excluding diaryl/α,β-unsaturated/α-hetero) is 1. The van der Waals surface area contributed by atoms with Crippen molar-refractivity contribution in [3.63, 3.8) is 0 Å². The number of methoxy groups -OCH3 is 2. The van der Waals surface area contributed by atoms with E-state index in [2.05, 4.69) is 0 Å². The van der Waals surface area contributed by atoms with Crippen LogP contribution in [0.1, 0.15) is 63.0 Å². The molecule has 0 spiro atoms. The van der Waals surface area contributed by atoms with Crippen molar-refractivity contribution in [1.29, 1.82) is 0 Å². The van der Waals surface area contributed by atoms with Crippen LogP contribution in [0.25, 0.3) is 10.8 Å². The number of hydrogen-bond acceptors (Lipinski definition) is 5. The summed E-state index contributed by atoms with van der Waals surface area (Å²) in [6.45, 7) is 11.9. The van der Waals surface area contributed by atoms with Gasteiger partial charge in [0.2, 0.25) is 0 Å². The van der Waals surface area contributed by atoms with Gasteiger partial charge in [-0.3, -0.25) is 4.79 Å². The number of aromatic nitrogens is 1. The van der Waals surface area contributed by atoms with E-state index in [-0.39, 0.29) is 51.6 Å². The average Bonchev–Trinajstić information content (AvgIpc) is 3.01. The largest absolute Gasteiger partial charge is 0.507 e. The van der Waals surface area contributed by atoms with Crippen molar-refractivity contribution in [1.82, 2.24) is 4.57 Å². The molecule has 0 atom stereocenters. The number of halogens is 1. The third-order valence-electron chi connectivity index (χ3n) is 5.86. The van der Waals surface area contributed by atoms with Crippen molar-refractivity contribution in [3.05, 3.63) is 46.9 Å². The van der Waals surface area contributed by atoms with Crippen molar-refractivity contribution < 1.29 is 23.8 Å². The van der Waals surface area contributed by atoms with Crippen LogP contribution in [0.4, 0.5) is 10.2 Å². The minimum absolute atomic E-state index is 0.0380. The number of ketones is 1. The Morgan fingerprint density at radius 1 is 1.03 bits per heavy atom. The first kappa shape index (κ1) is 24.4. The first-order chi connectivity index (χ1) is 15.2. The van der Waals surface area contributed by atoms with Crippen LogP contribution in [0.3, 0.4) is 0 Å². The number of benzene rings is 2. The quantitative estimate of drug-likeness (QED) is 0.491. The Morgan fingerprint density at radius 2 is 1.58 bits per heavy atom. The lowest BCUT2D eigenvalue weighted by Gasteiger charge is -2.28. The molecule has 1 heterocycles. The molecule has 2 aromatic carbocycles. The first-order valence-corrected chi connectivity index (χ1v) is 10.8. The molecule has 0 saturated carbocycles. The molecular weight excluding hydrogens is 423 g/mol. The van der Waals surface area contributed by atoms with Crippen molar-refractivity contribution >= 4 is 22.4 Å². The second kappa shape index (κ2) is 8.28. The molecular formula is C26H33FN2O4. The zero-order valence-corrected chi connectivity index (χ0v) is 20.6. The maximum Gasteiger partial charge on any atom is 0.197 e. The van der Waals surface area contributed by atoms with Gasteiger partial charge < -0.3 is 24.9 Å². The van der Waals surface area contributed by atoms with Gasteiger partial charge in [-0.1, -0.05) is 41.5 Å². The van der Waals surface area contributed by atoms with E-state index >= 15 is 4.39 Å². The number of nitrogen functional groups attached to an aromatic ring is 1. The molecule has 0 aliphatic heterocycles. The third-order valence-corrected chi connectivity index (χ3v) is 5.86. The van der Waals surface area contributed by atoms with Gasteiger partial charge in [0.25, 0.3) is 0 Å². The second-order valence-corrected chi connectivity index (χ2v) is 10.4. The number of aromatic hydroxyl groups is 1. The minimum Gasteiger partial charge on any atom is -0.507 e. The second-order valence-electron chi connectivity index (χ2n) is 10.4. The molecule has 7 heteroatoms. The number of carbonyl (C=O) groups excluding carboxylic acids is 1. The molecule has 0 saturated heterocycles. The van der Waals surface area contributed by atoms with Crippen molar-refractivity contribution in [2.45, 2.75) is 58.9 Å². The Bertz CT molecular complexity index is 1200. The van der Waals surface area contributed by atoms with Gasteiger partial charge in [0.1, 0.15) is 11.6 Å². The maximum absolute atomic E-state index is 15.1. The molecule has 3 rings (SSSR count). The Morgan fingerprint density at radius 3 is 2.03 bits per heavy atom. The summed E-state index contributed by atoms with van der Waals surface area (Å²) in [4.78, 5) is 13.3. The number of anilines is 1. The van der Waals surface area contributed by atoms with Crippen molar-refractivity contribution in [3.8, 4) is 17.2 Å². The molecule has 0 aliphatic rings. The standard InChI is InChI=1S/C26H33FN2O4/c1-25(2,3)16-9-14(10-17(22(16)31)26(4,5)6)18(30)13-29-12-15-11-19(32-7)23(33-8)21(27)20(15)24(29)28/h9-12,31H,13,28H2,1-8H3. The summed E-state index contributed by atoms with van der Waals surface area (Å²) in [6, 6.07) is 5.10. The van der Waals surface area contributed by atoms with Gasteiger partial charge in [0, 0.05) is 28.3 Å². The highest BCUT2D eigenvalue weighted by molar-refractivity contribution is 6.00. The van der Waals surface area contributed by atoms with E-state index in [9.17, 15) is 9.90 Å². The summed E-state index contributed by atoms with van der Waals surface area (Å²) in [7, 11) is 2.78. The number of phenols is 1. The molecule has 6 nitrogen and oxygen atoms in total. The summed E-state index contributed by atoms with van der Waals surface area (Å²) >= 11 is 0. The fraction of sp³-hybridized carbons (Fsp3) is 0.423. The van der Waals surface area contributed by atoms with Gasteiger partial charge in [-0.25, -0.2) is 4.39 Å². The van der Waals surface area contributed by atoms with Crippen LogP contribution in [0.5, 0.6) is 17.2 Å². The predicted octanol–water partition coefficient (Wildman–Crippen LogP) is 5.56. The van der Waals surface area contributed by atoms with Crippen LogP contribution in [-0.4, -0.2) is 29.7 Å². The van der Waals surface area contributed by atoms with Gasteiger partial charge >= 0.3 is 0 Å². The van der Waals surface area contributed by atoms with E-state index in [1.807, 2.05) is 41.5 Å². The van der Waals surface area contributed by atoms with Gasteiger partial charge in [0.05, 0.1) is 26.2 Å². The van der Waals surface area contributed by atoms with E-state index in [0.29, 0.717) is 22.1 Å². The summed E-state index contributed by atoms with van der Waals surface area (Å²) in [6.07, 6.45) is 1.63. The number of nitrogens with zero attached hydrogens (tertiary/aromatic N) is 1. The van der Waals surface area contributed by atoms with Gasteiger partial charge in [-0.05, 0) is 29.0 Å². The molecule has 0 amide bonds. The van der Waals surface area contributed by atoms with E-state index < -0.39 is 5.82 Å². The molecule has 1 aromatic heterocycles. The molecule has 0 fully saturated rings. The number of hydrogen-bond donors (Lipinski definition) is 2. The third kappa shape index (κ3) is 4.36. The van der Waals surface area contributed by atoms with E-state index in [1.165, 1.54) is 18.8 Å². The van der Waals surface area contributed by atoms with Crippen LogP contribution in [0.2, 0.25) is 0 Å². The fourth-order valence-electron chi connectivity index (χ4n) is 4.03.